The van der Waals surface area contributed by atoms with Gasteiger partial charge in [0.2, 0.25) is 0 Å². The van der Waals surface area contributed by atoms with Crippen LogP contribution in [0.5, 0.6) is 0 Å². The predicted molar refractivity (Wildman–Crippen MR) is 120 cm³/mol. The van der Waals surface area contributed by atoms with Gasteiger partial charge in [0.25, 0.3) is 5.91 Å². The second-order valence-electron chi connectivity index (χ2n) is 6.89. The average molecular weight is 427 g/mol. The zero-order valence-electron chi connectivity index (χ0n) is 16.5. The minimum atomic E-state index is -0.103. The van der Waals surface area contributed by atoms with Crippen LogP contribution in [-0.2, 0) is 6.42 Å². The Bertz CT molecular complexity index is 1330. The fraction of sp³-hybridized carbons (Fsp3) is 0.0870. The standard InChI is InChI=1S/C23H18N6OS/c30-22(27-9-6-16-4-7-24-8-5-16)17-13-21(29-12-2-1-3-20(17)29)19-15-31-23(28-19)18-14-25-10-11-26-18/h1-5,7-8,10-15H,6,9H2,(H,27,30). The van der Waals surface area contributed by atoms with E-state index in [-0.39, 0.29) is 5.91 Å². The van der Waals surface area contributed by atoms with Gasteiger partial charge in [-0.3, -0.25) is 19.7 Å². The highest BCUT2D eigenvalue weighted by molar-refractivity contribution is 7.13. The number of hydrogen-bond acceptors (Lipinski definition) is 6. The summed E-state index contributed by atoms with van der Waals surface area (Å²) < 4.78 is 1.99. The van der Waals surface area contributed by atoms with Crippen molar-refractivity contribution in [3.05, 3.63) is 90.1 Å². The van der Waals surface area contributed by atoms with Gasteiger partial charge in [0.05, 0.1) is 28.7 Å². The highest BCUT2D eigenvalue weighted by Gasteiger charge is 2.18. The summed E-state index contributed by atoms with van der Waals surface area (Å²) >= 11 is 1.50. The van der Waals surface area contributed by atoms with Crippen molar-refractivity contribution in [2.24, 2.45) is 0 Å². The number of pyridine rings is 2. The van der Waals surface area contributed by atoms with Gasteiger partial charge in [0.1, 0.15) is 10.7 Å². The molecule has 5 heterocycles. The van der Waals surface area contributed by atoms with Crippen molar-refractivity contribution in [2.75, 3.05) is 6.54 Å². The fourth-order valence-electron chi connectivity index (χ4n) is 3.42. The zero-order chi connectivity index (χ0) is 21.0. The lowest BCUT2D eigenvalue weighted by Crippen LogP contribution is -2.25. The molecule has 1 amide bonds. The SMILES string of the molecule is O=C(NCCc1ccncc1)c1cc(-c2csc(-c3cnccn3)n2)n2ccccc12. The van der Waals surface area contributed by atoms with Crippen molar-refractivity contribution in [1.82, 2.24) is 29.7 Å². The van der Waals surface area contributed by atoms with Gasteiger partial charge in [-0.15, -0.1) is 11.3 Å². The number of amides is 1. The van der Waals surface area contributed by atoms with E-state index in [4.69, 9.17) is 4.98 Å². The van der Waals surface area contributed by atoms with Gasteiger partial charge < -0.3 is 9.72 Å². The molecule has 0 saturated carbocycles. The van der Waals surface area contributed by atoms with Gasteiger partial charge in [0.15, 0.2) is 0 Å². The van der Waals surface area contributed by atoms with Gasteiger partial charge in [-0.05, 0) is 42.3 Å². The molecule has 0 spiro atoms. The molecule has 0 aliphatic heterocycles. The highest BCUT2D eigenvalue weighted by atomic mass is 32.1. The molecule has 0 aromatic carbocycles. The molecule has 8 heteroatoms. The molecule has 0 bridgehead atoms. The monoisotopic (exact) mass is 426 g/mol. The summed E-state index contributed by atoms with van der Waals surface area (Å²) in [6, 6.07) is 11.6. The summed E-state index contributed by atoms with van der Waals surface area (Å²) in [5.41, 5.74) is 4.99. The average Bonchev–Trinajstić information content (AvgIpc) is 3.46. The Balaban J connectivity index is 1.42. The topological polar surface area (TPSA) is 85.1 Å². The van der Waals surface area contributed by atoms with Crippen LogP contribution in [0, 0.1) is 0 Å². The van der Waals surface area contributed by atoms with Gasteiger partial charge in [-0.1, -0.05) is 6.07 Å². The van der Waals surface area contributed by atoms with E-state index in [0.717, 1.165) is 39.6 Å². The van der Waals surface area contributed by atoms with Crippen LogP contribution < -0.4 is 5.32 Å². The molecule has 0 atom stereocenters. The zero-order valence-corrected chi connectivity index (χ0v) is 17.3. The van der Waals surface area contributed by atoms with E-state index in [2.05, 4.69) is 20.3 Å². The summed E-state index contributed by atoms with van der Waals surface area (Å²) in [4.78, 5) is 30.1. The highest BCUT2D eigenvalue weighted by Crippen LogP contribution is 2.30. The molecule has 152 valence electrons. The van der Waals surface area contributed by atoms with E-state index in [1.807, 2.05) is 52.4 Å². The van der Waals surface area contributed by atoms with Crippen molar-refractivity contribution in [3.8, 4) is 22.1 Å². The number of carbonyl (C=O) groups is 1. The van der Waals surface area contributed by atoms with E-state index in [1.165, 1.54) is 11.3 Å². The molecule has 5 rings (SSSR count). The molecular weight excluding hydrogens is 408 g/mol. The number of carbonyl (C=O) groups excluding carboxylic acids is 1. The van der Waals surface area contributed by atoms with Crippen molar-refractivity contribution in [3.63, 3.8) is 0 Å². The molecule has 5 aromatic rings. The van der Waals surface area contributed by atoms with Crippen LogP contribution in [0.4, 0.5) is 0 Å². The first-order valence-corrected chi connectivity index (χ1v) is 10.7. The Morgan fingerprint density at radius 1 is 1.03 bits per heavy atom. The third-order valence-corrected chi connectivity index (χ3v) is 5.78. The quantitative estimate of drug-likeness (QED) is 0.445. The molecular formula is C23H18N6OS. The van der Waals surface area contributed by atoms with Gasteiger partial charge in [-0.25, -0.2) is 4.98 Å². The Hall–Kier alpha value is -3.91. The molecule has 0 radical (unpaired) electrons. The van der Waals surface area contributed by atoms with E-state index >= 15 is 0 Å². The molecule has 5 aromatic heterocycles. The molecule has 0 aliphatic rings. The molecule has 0 fully saturated rings. The second-order valence-corrected chi connectivity index (χ2v) is 7.75. The normalized spacial score (nSPS) is 11.0. The lowest BCUT2D eigenvalue weighted by Gasteiger charge is -2.04. The lowest BCUT2D eigenvalue weighted by molar-refractivity contribution is 0.0956. The maximum absolute atomic E-state index is 12.9. The Kier molecular flexibility index (Phi) is 5.20. The summed E-state index contributed by atoms with van der Waals surface area (Å²) in [5.74, 6) is -0.103. The first-order valence-electron chi connectivity index (χ1n) is 9.79. The smallest absolute Gasteiger partial charge is 0.253 e. The number of hydrogen-bond donors (Lipinski definition) is 1. The maximum atomic E-state index is 12.9. The lowest BCUT2D eigenvalue weighted by atomic mass is 10.2. The number of nitrogens with one attached hydrogen (secondary N) is 1. The van der Waals surface area contributed by atoms with Crippen molar-refractivity contribution < 1.29 is 4.79 Å². The third-order valence-electron chi connectivity index (χ3n) is 4.92. The van der Waals surface area contributed by atoms with Crippen LogP contribution in [0.2, 0.25) is 0 Å². The van der Waals surface area contributed by atoms with Crippen molar-refractivity contribution >= 4 is 22.8 Å². The summed E-state index contributed by atoms with van der Waals surface area (Å²) in [6.07, 6.45) is 11.2. The number of nitrogens with zero attached hydrogens (tertiary/aromatic N) is 5. The molecule has 31 heavy (non-hydrogen) atoms. The first-order chi connectivity index (χ1) is 15.3. The third kappa shape index (κ3) is 3.93. The second kappa shape index (κ2) is 8.45. The van der Waals surface area contributed by atoms with E-state index in [1.54, 1.807) is 31.0 Å². The number of rotatable bonds is 6. The van der Waals surface area contributed by atoms with Crippen LogP contribution in [0.25, 0.3) is 27.6 Å². The minimum Gasteiger partial charge on any atom is -0.352 e. The molecule has 0 unspecified atom stereocenters. The Morgan fingerprint density at radius 2 is 1.94 bits per heavy atom. The van der Waals surface area contributed by atoms with E-state index in [0.29, 0.717) is 12.1 Å². The molecule has 0 saturated heterocycles. The van der Waals surface area contributed by atoms with Crippen LogP contribution in [0.15, 0.2) is 79.0 Å². The largest absolute Gasteiger partial charge is 0.352 e. The van der Waals surface area contributed by atoms with Gasteiger partial charge >= 0.3 is 0 Å². The molecule has 7 nitrogen and oxygen atoms in total. The maximum Gasteiger partial charge on any atom is 0.253 e. The van der Waals surface area contributed by atoms with E-state index < -0.39 is 0 Å². The predicted octanol–water partition coefficient (Wildman–Crippen LogP) is 3.89. The van der Waals surface area contributed by atoms with Gasteiger partial charge in [0, 0.05) is 42.9 Å². The van der Waals surface area contributed by atoms with Crippen LogP contribution >= 0.6 is 11.3 Å². The molecule has 0 aliphatic carbocycles. The van der Waals surface area contributed by atoms with Gasteiger partial charge in [-0.2, -0.15) is 0 Å². The van der Waals surface area contributed by atoms with Crippen molar-refractivity contribution in [1.29, 1.82) is 0 Å². The van der Waals surface area contributed by atoms with Crippen LogP contribution in [-0.4, -0.2) is 36.8 Å². The number of aromatic nitrogens is 5. The number of thiazole rings is 1. The van der Waals surface area contributed by atoms with Crippen LogP contribution in [0.3, 0.4) is 0 Å². The summed E-state index contributed by atoms with van der Waals surface area (Å²) in [5, 5.41) is 5.79. The summed E-state index contributed by atoms with van der Waals surface area (Å²) in [6.45, 7) is 0.551. The summed E-state index contributed by atoms with van der Waals surface area (Å²) in [7, 11) is 0. The molecule has 1 N–H and O–H groups in total. The Labute approximate surface area is 182 Å². The number of fused-ring (bicyclic) bond motifs is 1. The van der Waals surface area contributed by atoms with E-state index in [9.17, 15) is 4.79 Å². The van der Waals surface area contributed by atoms with Crippen molar-refractivity contribution in [2.45, 2.75) is 6.42 Å². The van der Waals surface area contributed by atoms with Crippen LogP contribution in [0.1, 0.15) is 15.9 Å². The first kappa shape index (κ1) is 19.1. The fourth-order valence-corrected chi connectivity index (χ4v) is 4.19. The Morgan fingerprint density at radius 3 is 2.77 bits per heavy atom. The minimum absolute atomic E-state index is 0.103.